The van der Waals surface area contributed by atoms with Crippen molar-refractivity contribution < 1.29 is 9.59 Å². The van der Waals surface area contributed by atoms with E-state index >= 15 is 0 Å². The molecule has 3 heterocycles. The number of nitrogens with zero attached hydrogens (tertiary/aromatic N) is 6. The number of hydrogen-bond donors (Lipinski definition) is 2. The lowest BCUT2D eigenvalue weighted by atomic mass is 9.98. The van der Waals surface area contributed by atoms with E-state index in [1.807, 2.05) is 4.90 Å². The first-order chi connectivity index (χ1) is 13.6. The molecule has 10 nitrogen and oxygen atoms in total. The molecule has 0 aromatic carbocycles. The number of amides is 3. The Hall–Kier alpha value is -2.18. The van der Waals surface area contributed by atoms with Gasteiger partial charge < -0.3 is 20.9 Å². The monoisotopic (exact) mass is 514 g/mol. The highest BCUT2D eigenvalue weighted by molar-refractivity contribution is 14.0. The fourth-order valence-electron chi connectivity index (χ4n) is 4.15. The molecule has 2 saturated heterocycles. The summed E-state index contributed by atoms with van der Waals surface area (Å²) in [5, 5.41) is 2.88. The van der Waals surface area contributed by atoms with E-state index < -0.39 is 5.54 Å². The number of halogens is 1. The number of aliphatic imine (C=N–C) groups is 1. The first-order valence-electron chi connectivity index (χ1n) is 9.80. The predicted octanol–water partition coefficient (Wildman–Crippen LogP) is 0.396. The first kappa shape index (κ1) is 21.5. The van der Waals surface area contributed by atoms with Crippen molar-refractivity contribution in [2.75, 3.05) is 44.2 Å². The highest BCUT2D eigenvalue weighted by Crippen LogP contribution is 2.34. The third-order valence-corrected chi connectivity index (χ3v) is 5.74. The van der Waals surface area contributed by atoms with E-state index in [9.17, 15) is 9.59 Å². The van der Waals surface area contributed by atoms with E-state index in [0.717, 1.165) is 57.8 Å². The number of guanidine groups is 1. The minimum Gasteiger partial charge on any atom is -0.370 e. The quantitative estimate of drug-likeness (QED) is 0.258. The molecule has 158 valence electrons. The second kappa shape index (κ2) is 9.09. The van der Waals surface area contributed by atoms with Crippen LogP contribution in [0, 0.1) is 0 Å². The topological polar surface area (TPSA) is 120 Å². The number of carbonyl (C=O) groups excluding carboxylic acids is 2. The van der Waals surface area contributed by atoms with Crippen LogP contribution < -0.4 is 16.0 Å². The van der Waals surface area contributed by atoms with Crippen molar-refractivity contribution in [2.45, 2.75) is 31.2 Å². The minimum absolute atomic E-state index is 0. The van der Waals surface area contributed by atoms with Crippen LogP contribution in [0.15, 0.2) is 23.5 Å². The molecule has 0 bridgehead atoms. The summed E-state index contributed by atoms with van der Waals surface area (Å²) in [6.07, 6.45) is 6.88. The summed E-state index contributed by atoms with van der Waals surface area (Å²) in [6, 6.07) is 1.49. The molecule has 3 fully saturated rings. The standard InChI is InChI=1S/C18H26N8O2.HI/c19-15(24-10-12-25(13-11-24)16-21-6-3-7-22-16)20-8-9-26-14(27)18(23-17(26)28)4-1-2-5-18;/h3,6-7H,1-2,4-5,8-13H2,(H2,19,20)(H,23,28);1H. The maximum Gasteiger partial charge on any atom is 0.325 e. The number of hydrogen-bond acceptors (Lipinski definition) is 6. The molecular weight excluding hydrogens is 487 g/mol. The summed E-state index contributed by atoms with van der Waals surface area (Å²) in [6.45, 7) is 3.53. The van der Waals surface area contributed by atoms with Crippen LogP contribution in [-0.2, 0) is 4.79 Å². The Morgan fingerprint density at radius 2 is 1.79 bits per heavy atom. The summed E-state index contributed by atoms with van der Waals surface area (Å²) < 4.78 is 0. The average Bonchev–Trinajstić information content (AvgIpc) is 3.29. The fourth-order valence-corrected chi connectivity index (χ4v) is 4.15. The van der Waals surface area contributed by atoms with Gasteiger partial charge in [0, 0.05) is 38.6 Å². The fraction of sp³-hybridized carbons (Fsp3) is 0.611. The summed E-state index contributed by atoms with van der Waals surface area (Å²) in [7, 11) is 0. The van der Waals surface area contributed by atoms with Crippen molar-refractivity contribution in [3.63, 3.8) is 0 Å². The summed E-state index contributed by atoms with van der Waals surface area (Å²) in [5.41, 5.74) is 5.46. The van der Waals surface area contributed by atoms with E-state index in [-0.39, 0.29) is 42.5 Å². The van der Waals surface area contributed by atoms with Crippen LogP contribution in [0.4, 0.5) is 10.7 Å². The third-order valence-electron chi connectivity index (χ3n) is 5.74. The van der Waals surface area contributed by atoms with Crippen LogP contribution in [0.25, 0.3) is 0 Å². The zero-order valence-corrected chi connectivity index (χ0v) is 18.6. The second-order valence-corrected chi connectivity index (χ2v) is 7.44. The molecule has 2 aliphatic heterocycles. The van der Waals surface area contributed by atoms with Gasteiger partial charge in [0.1, 0.15) is 5.54 Å². The van der Waals surface area contributed by atoms with Crippen LogP contribution in [0.2, 0.25) is 0 Å². The Morgan fingerprint density at radius 3 is 2.45 bits per heavy atom. The zero-order chi connectivity index (χ0) is 19.6. The summed E-state index contributed by atoms with van der Waals surface area (Å²) >= 11 is 0. The molecule has 1 aliphatic carbocycles. The van der Waals surface area contributed by atoms with Crippen molar-refractivity contribution in [1.29, 1.82) is 0 Å². The van der Waals surface area contributed by atoms with Crippen molar-refractivity contribution in [2.24, 2.45) is 10.7 Å². The molecule has 1 spiro atoms. The smallest absolute Gasteiger partial charge is 0.325 e. The summed E-state index contributed by atoms with van der Waals surface area (Å²) in [4.78, 5) is 43.1. The van der Waals surface area contributed by atoms with Gasteiger partial charge in [-0.15, -0.1) is 24.0 Å². The molecule has 0 atom stereocenters. The number of piperazine rings is 1. The lowest BCUT2D eigenvalue weighted by Crippen LogP contribution is -2.51. The highest BCUT2D eigenvalue weighted by Gasteiger charge is 2.52. The van der Waals surface area contributed by atoms with E-state index in [4.69, 9.17) is 5.73 Å². The summed E-state index contributed by atoms with van der Waals surface area (Å²) in [5.74, 6) is 1.05. The number of anilines is 1. The van der Waals surface area contributed by atoms with Gasteiger partial charge in [0.15, 0.2) is 5.96 Å². The van der Waals surface area contributed by atoms with Gasteiger partial charge in [0.2, 0.25) is 5.95 Å². The molecule has 3 aliphatic rings. The number of aromatic nitrogens is 2. The Labute approximate surface area is 186 Å². The molecule has 1 aromatic heterocycles. The molecular formula is C18H27IN8O2. The average molecular weight is 514 g/mol. The number of nitrogens with two attached hydrogens (primary N) is 1. The first-order valence-corrected chi connectivity index (χ1v) is 9.80. The van der Waals surface area contributed by atoms with Crippen LogP contribution >= 0.6 is 24.0 Å². The van der Waals surface area contributed by atoms with Gasteiger partial charge in [-0.05, 0) is 18.9 Å². The predicted molar refractivity (Wildman–Crippen MR) is 119 cm³/mol. The number of rotatable bonds is 4. The van der Waals surface area contributed by atoms with Gasteiger partial charge in [0.05, 0.1) is 13.1 Å². The van der Waals surface area contributed by atoms with E-state index in [2.05, 4.69) is 25.2 Å². The van der Waals surface area contributed by atoms with E-state index in [1.54, 1.807) is 18.5 Å². The third kappa shape index (κ3) is 4.38. The Bertz CT molecular complexity index is 760. The number of nitrogens with one attached hydrogen (secondary N) is 1. The van der Waals surface area contributed by atoms with Crippen molar-refractivity contribution in [1.82, 2.24) is 25.1 Å². The molecule has 29 heavy (non-hydrogen) atoms. The molecule has 0 radical (unpaired) electrons. The molecule has 3 N–H and O–H groups in total. The van der Waals surface area contributed by atoms with Gasteiger partial charge in [-0.3, -0.25) is 14.7 Å². The number of carbonyl (C=O) groups is 2. The van der Waals surface area contributed by atoms with Crippen LogP contribution in [0.1, 0.15) is 25.7 Å². The molecule has 1 saturated carbocycles. The van der Waals surface area contributed by atoms with Gasteiger partial charge in [-0.1, -0.05) is 12.8 Å². The Morgan fingerprint density at radius 1 is 1.14 bits per heavy atom. The van der Waals surface area contributed by atoms with Gasteiger partial charge >= 0.3 is 6.03 Å². The van der Waals surface area contributed by atoms with Gasteiger partial charge in [0.25, 0.3) is 5.91 Å². The van der Waals surface area contributed by atoms with Crippen LogP contribution in [0.5, 0.6) is 0 Å². The van der Waals surface area contributed by atoms with E-state index in [0.29, 0.717) is 12.5 Å². The van der Waals surface area contributed by atoms with Crippen molar-refractivity contribution in [3.05, 3.63) is 18.5 Å². The molecule has 11 heteroatoms. The maximum absolute atomic E-state index is 12.6. The SMILES string of the molecule is I.NC(=NCCN1C(=O)NC2(CCCC2)C1=O)N1CCN(c2ncccn2)CC1. The molecule has 4 rings (SSSR count). The van der Waals surface area contributed by atoms with Gasteiger partial charge in [-0.25, -0.2) is 14.8 Å². The normalized spacial score (nSPS) is 21.5. The highest BCUT2D eigenvalue weighted by atomic mass is 127. The Balaban J connectivity index is 0.00000240. The number of imide groups is 1. The van der Waals surface area contributed by atoms with Crippen LogP contribution in [-0.4, -0.2) is 82.5 Å². The maximum atomic E-state index is 12.6. The van der Waals surface area contributed by atoms with Crippen molar-refractivity contribution >= 4 is 47.8 Å². The molecule has 3 amide bonds. The van der Waals surface area contributed by atoms with Crippen molar-refractivity contribution in [3.8, 4) is 0 Å². The lowest BCUT2D eigenvalue weighted by molar-refractivity contribution is -0.131. The second-order valence-electron chi connectivity index (χ2n) is 7.44. The largest absolute Gasteiger partial charge is 0.370 e. The zero-order valence-electron chi connectivity index (χ0n) is 16.3. The number of urea groups is 1. The van der Waals surface area contributed by atoms with Gasteiger partial charge in [-0.2, -0.15) is 0 Å². The van der Waals surface area contributed by atoms with Crippen LogP contribution in [0.3, 0.4) is 0 Å². The Kier molecular flexibility index (Phi) is 6.75. The molecule has 1 aromatic rings. The lowest BCUT2D eigenvalue weighted by Gasteiger charge is -2.35. The minimum atomic E-state index is -0.665. The van der Waals surface area contributed by atoms with E-state index in [1.165, 1.54) is 4.90 Å². The molecule has 0 unspecified atom stereocenters.